The number of carboxylic acid groups (broad SMARTS) is 1. The molecule has 114 valence electrons. The zero-order valence-electron chi connectivity index (χ0n) is 11.8. The fourth-order valence-corrected chi connectivity index (χ4v) is 3.89. The molecule has 1 amide bonds. The van der Waals surface area contributed by atoms with E-state index in [0.717, 1.165) is 27.8 Å². The minimum atomic E-state index is -0.811. The normalized spacial score (nSPS) is 21.2. The summed E-state index contributed by atoms with van der Waals surface area (Å²) in [5.74, 6) is -1.03. The number of nitrogens with one attached hydrogen (secondary N) is 1. The van der Waals surface area contributed by atoms with Crippen LogP contribution in [0.2, 0.25) is 0 Å². The van der Waals surface area contributed by atoms with Crippen molar-refractivity contribution in [2.45, 2.75) is 37.1 Å². The van der Waals surface area contributed by atoms with Crippen molar-refractivity contribution in [1.82, 2.24) is 5.32 Å². The molecule has 0 radical (unpaired) electrons. The van der Waals surface area contributed by atoms with E-state index >= 15 is 0 Å². The molecule has 0 heterocycles. The molecule has 1 saturated carbocycles. The van der Waals surface area contributed by atoms with Crippen LogP contribution in [0.25, 0.3) is 0 Å². The van der Waals surface area contributed by atoms with Crippen LogP contribution >= 0.6 is 27.7 Å². The van der Waals surface area contributed by atoms with Gasteiger partial charge in [0.25, 0.3) is 0 Å². The van der Waals surface area contributed by atoms with E-state index in [1.54, 1.807) is 0 Å². The lowest BCUT2D eigenvalue weighted by Gasteiger charge is -2.17. The summed E-state index contributed by atoms with van der Waals surface area (Å²) < 4.78 is 1.02. The Bertz CT molecular complexity index is 550. The van der Waals surface area contributed by atoms with E-state index in [1.165, 1.54) is 11.8 Å². The van der Waals surface area contributed by atoms with Crippen molar-refractivity contribution in [3.63, 3.8) is 0 Å². The number of halogens is 1. The van der Waals surface area contributed by atoms with E-state index in [-0.39, 0.29) is 11.9 Å². The highest BCUT2D eigenvalue weighted by Gasteiger charge is 2.33. The Morgan fingerprint density at radius 3 is 2.86 bits per heavy atom. The number of carbonyl (C=O) groups is 2. The van der Waals surface area contributed by atoms with Gasteiger partial charge in [0.1, 0.15) is 0 Å². The van der Waals surface area contributed by atoms with E-state index in [2.05, 4.69) is 21.2 Å². The van der Waals surface area contributed by atoms with Crippen LogP contribution in [-0.2, 0) is 9.59 Å². The Hall–Kier alpha value is -1.01. The fraction of sp³-hybridized carbons (Fsp3) is 0.467. The number of amides is 1. The van der Waals surface area contributed by atoms with Crippen LogP contribution in [0, 0.1) is 12.8 Å². The molecule has 1 aliphatic carbocycles. The Kier molecular flexibility index (Phi) is 5.70. The summed E-state index contributed by atoms with van der Waals surface area (Å²) in [5.41, 5.74) is 1.12. The van der Waals surface area contributed by atoms with Gasteiger partial charge >= 0.3 is 5.97 Å². The lowest BCUT2D eigenvalue weighted by molar-refractivity contribution is -0.142. The van der Waals surface area contributed by atoms with Crippen molar-refractivity contribution in [2.24, 2.45) is 5.92 Å². The maximum Gasteiger partial charge on any atom is 0.308 e. The first-order valence-corrected chi connectivity index (χ1v) is 8.66. The molecule has 21 heavy (non-hydrogen) atoms. The first-order chi connectivity index (χ1) is 9.97. The Morgan fingerprint density at radius 2 is 2.19 bits per heavy atom. The van der Waals surface area contributed by atoms with Gasteiger partial charge in [-0.05, 0) is 43.5 Å². The molecule has 4 nitrogen and oxygen atoms in total. The van der Waals surface area contributed by atoms with E-state index < -0.39 is 11.9 Å². The van der Waals surface area contributed by atoms with Crippen LogP contribution in [-0.4, -0.2) is 28.8 Å². The zero-order valence-corrected chi connectivity index (χ0v) is 14.2. The highest BCUT2D eigenvalue weighted by molar-refractivity contribution is 9.10. The van der Waals surface area contributed by atoms with Crippen LogP contribution in [0.15, 0.2) is 27.6 Å². The molecule has 2 unspecified atom stereocenters. The molecule has 6 heteroatoms. The predicted molar refractivity (Wildman–Crippen MR) is 86.5 cm³/mol. The summed E-state index contributed by atoms with van der Waals surface area (Å²) in [6.07, 6.45) is 2.27. The minimum absolute atomic E-state index is 0.0968. The van der Waals surface area contributed by atoms with Crippen LogP contribution in [0.3, 0.4) is 0 Å². The molecular weight excluding hydrogens is 354 g/mol. The van der Waals surface area contributed by atoms with Gasteiger partial charge in [0.2, 0.25) is 5.91 Å². The van der Waals surface area contributed by atoms with Gasteiger partial charge in [-0.15, -0.1) is 11.8 Å². The molecule has 1 aromatic carbocycles. The van der Waals surface area contributed by atoms with E-state index in [1.807, 2.05) is 25.1 Å². The first-order valence-electron chi connectivity index (χ1n) is 6.88. The van der Waals surface area contributed by atoms with Crippen molar-refractivity contribution in [3.05, 3.63) is 28.2 Å². The number of thioether (sulfide) groups is 1. The van der Waals surface area contributed by atoms with Gasteiger partial charge < -0.3 is 10.4 Å². The highest BCUT2D eigenvalue weighted by Crippen LogP contribution is 2.27. The molecule has 2 atom stereocenters. The van der Waals surface area contributed by atoms with Crippen molar-refractivity contribution in [2.75, 3.05) is 5.75 Å². The SMILES string of the molecule is Cc1cc(Br)ccc1SCC(=O)NC1CCCC1C(=O)O. The summed E-state index contributed by atoms with van der Waals surface area (Å²) in [7, 11) is 0. The van der Waals surface area contributed by atoms with Crippen LogP contribution in [0.1, 0.15) is 24.8 Å². The number of hydrogen-bond donors (Lipinski definition) is 2. The van der Waals surface area contributed by atoms with Crippen molar-refractivity contribution >= 4 is 39.6 Å². The highest BCUT2D eigenvalue weighted by atomic mass is 79.9. The van der Waals surface area contributed by atoms with Crippen molar-refractivity contribution in [3.8, 4) is 0 Å². The standard InChI is InChI=1S/C15H18BrNO3S/c1-9-7-10(16)5-6-13(9)21-8-14(18)17-12-4-2-3-11(12)15(19)20/h5-7,11-12H,2-4,8H2,1H3,(H,17,18)(H,19,20). The monoisotopic (exact) mass is 371 g/mol. The van der Waals surface area contributed by atoms with Gasteiger partial charge in [0.05, 0.1) is 11.7 Å². The molecule has 0 bridgehead atoms. The van der Waals surface area contributed by atoms with Gasteiger partial charge in [-0.25, -0.2) is 0 Å². The molecule has 0 aromatic heterocycles. The number of hydrogen-bond acceptors (Lipinski definition) is 3. The Morgan fingerprint density at radius 1 is 1.43 bits per heavy atom. The summed E-state index contributed by atoms with van der Waals surface area (Å²) in [4.78, 5) is 24.1. The third kappa shape index (κ3) is 4.48. The first kappa shape index (κ1) is 16.4. The average Bonchev–Trinajstić information content (AvgIpc) is 2.86. The second-order valence-corrected chi connectivity index (χ2v) is 7.18. The fourth-order valence-electron chi connectivity index (χ4n) is 2.59. The largest absolute Gasteiger partial charge is 0.481 e. The summed E-state index contributed by atoms with van der Waals surface area (Å²) in [6.45, 7) is 2.00. The van der Waals surface area contributed by atoms with Gasteiger partial charge in [0.15, 0.2) is 0 Å². The van der Waals surface area contributed by atoms with Gasteiger partial charge in [-0.1, -0.05) is 22.4 Å². The summed E-state index contributed by atoms with van der Waals surface area (Å²) >= 11 is 4.89. The second-order valence-electron chi connectivity index (χ2n) is 5.25. The molecule has 1 aromatic rings. The molecule has 1 fully saturated rings. The third-order valence-corrected chi connectivity index (χ3v) is 5.34. The lowest BCUT2D eigenvalue weighted by atomic mass is 10.0. The predicted octanol–water partition coefficient (Wildman–Crippen LogP) is 3.22. The van der Waals surface area contributed by atoms with Crippen molar-refractivity contribution in [1.29, 1.82) is 0 Å². The van der Waals surface area contributed by atoms with Crippen LogP contribution in [0.4, 0.5) is 0 Å². The molecule has 0 spiro atoms. The van der Waals surface area contributed by atoms with E-state index in [0.29, 0.717) is 12.2 Å². The second kappa shape index (κ2) is 7.31. The van der Waals surface area contributed by atoms with Crippen LogP contribution in [0.5, 0.6) is 0 Å². The lowest BCUT2D eigenvalue weighted by Crippen LogP contribution is -2.41. The topological polar surface area (TPSA) is 66.4 Å². The van der Waals surface area contributed by atoms with Crippen LogP contribution < -0.4 is 5.32 Å². The van der Waals surface area contributed by atoms with Gasteiger partial charge in [-0.2, -0.15) is 0 Å². The number of carbonyl (C=O) groups excluding carboxylic acids is 1. The number of aliphatic carboxylic acids is 1. The smallest absolute Gasteiger partial charge is 0.308 e. The molecule has 1 aliphatic rings. The van der Waals surface area contributed by atoms with E-state index in [9.17, 15) is 9.59 Å². The minimum Gasteiger partial charge on any atom is -0.481 e. The number of aryl methyl sites for hydroxylation is 1. The summed E-state index contributed by atoms with van der Waals surface area (Å²) in [5, 5.41) is 12.0. The number of benzene rings is 1. The Labute approximate surface area is 136 Å². The third-order valence-electron chi connectivity index (χ3n) is 3.68. The Balaban J connectivity index is 1.86. The average molecular weight is 372 g/mol. The number of rotatable bonds is 5. The molecular formula is C15H18BrNO3S. The quantitative estimate of drug-likeness (QED) is 0.779. The maximum absolute atomic E-state index is 12.0. The van der Waals surface area contributed by atoms with Gasteiger partial charge in [-0.3, -0.25) is 9.59 Å². The molecule has 2 N–H and O–H groups in total. The molecule has 2 rings (SSSR count). The molecule has 0 aliphatic heterocycles. The molecule has 0 saturated heterocycles. The van der Waals surface area contributed by atoms with Gasteiger partial charge in [0, 0.05) is 15.4 Å². The van der Waals surface area contributed by atoms with E-state index in [4.69, 9.17) is 5.11 Å². The maximum atomic E-state index is 12.0. The zero-order chi connectivity index (χ0) is 15.4. The summed E-state index contributed by atoms with van der Waals surface area (Å²) in [6, 6.07) is 5.72. The van der Waals surface area contributed by atoms with Crippen molar-refractivity contribution < 1.29 is 14.7 Å². The number of carboxylic acids is 1.